The Kier molecular flexibility index (Phi) is 4.31. The molecule has 5 nitrogen and oxygen atoms in total. The molecule has 4 rings (SSSR count). The van der Waals surface area contributed by atoms with Gasteiger partial charge in [-0.2, -0.15) is 0 Å². The number of hydrogen-bond acceptors (Lipinski definition) is 5. The van der Waals surface area contributed by atoms with Gasteiger partial charge >= 0.3 is 0 Å². The van der Waals surface area contributed by atoms with Crippen molar-refractivity contribution in [3.05, 3.63) is 47.5 Å². The van der Waals surface area contributed by atoms with Crippen LogP contribution in [0, 0.1) is 0 Å². The quantitative estimate of drug-likeness (QED) is 0.916. The van der Waals surface area contributed by atoms with Crippen molar-refractivity contribution < 1.29 is 14.3 Å². The topological polar surface area (TPSA) is 50.8 Å². The maximum absolute atomic E-state index is 12.6. The van der Waals surface area contributed by atoms with E-state index < -0.39 is 0 Å². The van der Waals surface area contributed by atoms with Gasteiger partial charge in [0.25, 0.3) is 5.91 Å². The number of carbonyl (C=O) groups is 1. The zero-order chi connectivity index (χ0) is 17.4. The van der Waals surface area contributed by atoms with Crippen molar-refractivity contribution in [2.45, 2.75) is 23.2 Å². The molecular formula is C19H20N2O3S. The number of para-hydroxylation sites is 1. The van der Waals surface area contributed by atoms with Crippen molar-refractivity contribution in [2.24, 2.45) is 0 Å². The van der Waals surface area contributed by atoms with Crippen LogP contribution in [0.5, 0.6) is 11.5 Å². The lowest BCUT2D eigenvalue weighted by atomic mass is 9.98. The third-order valence-corrected chi connectivity index (χ3v) is 6.03. The summed E-state index contributed by atoms with van der Waals surface area (Å²) in [5, 5.41) is 2.81. The van der Waals surface area contributed by atoms with Crippen molar-refractivity contribution in [1.29, 1.82) is 0 Å². The number of anilines is 1. The van der Waals surface area contributed by atoms with Gasteiger partial charge in [0, 0.05) is 18.0 Å². The molecule has 0 unspecified atom stereocenters. The molecule has 6 heteroatoms. The van der Waals surface area contributed by atoms with Crippen molar-refractivity contribution in [3.63, 3.8) is 0 Å². The maximum atomic E-state index is 12.6. The molecule has 0 aliphatic carbocycles. The molecule has 2 aromatic rings. The van der Waals surface area contributed by atoms with Crippen molar-refractivity contribution in [2.75, 3.05) is 26.1 Å². The Labute approximate surface area is 151 Å². The second-order valence-corrected chi connectivity index (χ2v) is 7.27. The van der Waals surface area contributed by atoms with E-state index in [9.17, 15) is 4.79 Å². The predicted octanol–water partition coefficient (Wildman–Crippen LogP) is 3.13. The van der Waals surface area contributed by atoms with Gasteiger partial charge in [-0.3, -0.25) is 9.69 Å². The number of benzene rings is 2. The van der Waals surface area contributed by atoms with Gasteiger partial charge in [-0.05, 0) is 41.8 Å². The molecular weight excluding hydrogens is 336 g/mol. The van der Waals surface area contributed by atoms with Gasteiger partial charge in [0.1, 0.15) is 5.37 Å². The summed E-state index contributed by atoms with van der Waals surface area (Å²) in [6.07, 6.45) is 0.891. The Morgan fingerprint density at radius 2 is 1.84 bits per heavy atom. The Morgan fingerprint density at radius 3 is 2.60 bits per heavy atom. The summed E-state index contributed by atoms with van der Waals surface area (Å²) in [4.78, 5) is 15.9. The van der Waals surface area contributed by atoms with Crippen LogP contribution in [0.4, 0.5) is 5.69 Å². The number of methoxy groups -OCH3 is 2. The highest BCUT2D eigenvalue weighted by atomic mass is 32.2. The number of thioether (sulfide) groups is 1. The molecule has 0 saturated heterocycles. The molecule has 25 heavy (non-hydrogen) atoms. The van der Waals surface area contributed by atoms with Crippen LogP contribution in [0.3, 0.4) is 0 Å². The van der Waals surface area contributed by atoms with Crippen LogP contribution in [-0.2, 0) is 17.8 Å². The number of amides is 1. The maximum Gasteiger partial charge on any atom is 0.252 e. The molecule has 0 radical (unpaired) electrons. The van der Waals surface area contributed by atoms with Gasteiger partial charge in [0.2, 0.25) is 0 Å². The summed E-state index contributed by atoms with van der Waals surface area (Å²) in [7, 11) is 3.30. The lowest BCUT2D eigenvalue weighted by molar-refractivity contribution is -0.118. The molecule has 2 heterocycles. The summed E-state index contributed by atoms with van der Waals surface area (Å²) in [5.41, 5.74) is 3.35. The molecule has 0 spiro atoms. The molecule has 130 valence electrons. The van der Waals surface area contributed by atoms with Gasteiger partial charge < -0.3 is 14.8 Å². The summed E-state index contributed by atoms with van der Waals surface area (Å²) in [5.74, 6) is 1.54. The zero-order valence-corrected chi connectivity index (χ0v) is 15.1. The average Bonchev–Trinajstić information content (AvgIpc) is 2.65. The van der Waals surface area contributed by atoms with Gasteiger partial charge in [0.15, 0.2) is 11.5 Å². The third-order valence-electron chi connectivity index (χ3n) is 4.69. The van der Waals surface area contributed by atoms with Crippen LogP contribution in [0.15, 0.2) is 41.3 Å². The van der Waals surface area contributed by atoms with Crippen LogP contribution in [0.2, 0.25) is 0 Å². The molecule has 1 atom stereocenters. The Balaban J connectivity index is 1.59. The van der Waals surface area contributed by atoms with Gasteiger partial charge in [-0.25, -0.2) is 0 Å². The number of rotatable bonds is 3. The standard InChI is InChI=1S/C19H20N2O3S/c1-23-15-9-12-7-8-21(11-13(12)10-16(15)24-2)19-18(22)20-14-5-3-4-6-17(14)25-19/h3-6,9-10,19H,7-8,11H2,1-2H3,(H,20,22)/t19-/m1/s1. The molecule has 2 aliphatic rings. The first-order valence-electron chi connectivity index (χ1n) is 8.24. The fourth-order valence-corrected chi connectivity index (χ4v) is 4.53. The van der Waals surface area contributed by atoms with E-state index in [-0.39, 0.29) is 11.3 Å². The summed E-state index contributed by atoms with van der Waals surface area (Å²) < 4.78 is 10.8. The lowest BCUT2D eigenvalue weighted by Crippen LogP contribution is -2.45. The highest BCUT2D eigenvalue weighted by Crippen LogP contribution is 2.39. The second kappa shape index (κ2) is 6.61. The van der Waals surface area contributed by atoms with Crippen LogP contribution in [0.25, 0.3) is 0 Å². The molecule has 0 fully saturated rings. The lowest BCUT2D eigenvalue weighted by Gasteiger charge is -2.36. The van der Waals surface area contributed by atoms with E-state index >= 15 is 0 Å². The minimum atomic E-state index is -0.212. The zero-order valence-electron chi connectivity index (χ0n) is 14.2. The largest absolute Gasteiger partial charge is 0.493 e. The average molecular weight is 356 g/mol. The van der Waals surface area contributed by atoms with E-state index in [0.29, 0.717) is 0 Å². The van der Waals surface area contributed by atoms with Crippen molar-refractivity contribution in [3.8, 4) is 11.5 Å². The Bertz CT molecular complexity index is 824. The molecule has 0 aromatic heterocycles. The minimum absolute atomic E-state index is 0.0487. The van der Waals surface area contributed by atoms with Crippen LogP contribution >= 0.6 is 11.8 Å². The highest BCUT2D eigenvalue weighted by Gasteiger charge is 2.34. The molecule has 2 aliphatic heterocycles. The Morgan fingerprint density at radius 1 is 1.12 bits per heavy atom. The van der Waals surface area contributed by atoms with Crippen LogP contribution in [0.1, 0.15) is 11.1 Å². The van der Waals surface area contributed by atoms with E-state index in [0.717, 1.165) is 41.6 Å². The van der Waals surface area contributed by atoms with Gasteiger partial charge in [0.05, 0.1) is 19.9 Å². The fraction of sp³-hybridized carbons (Fsp3) is 0.316. The summed E-state index contributed by atoms with van der Waals surface area (Å²) in [6.45, 7) is 1.57. The number of ether oxygens (including phenoxy) is 2. The fourth-order valence-electron chi connectivity index (χ4n) is 3.39. The van der Waals surface area contributed by atoms with E-state index in [1.807, 2.05) is 24.3 Å². The van der Waals surface area contributed by atoms with Crippen LogP contribution in [-0.4, -0.2) is 36.9 Å². The van der Waals surface area contributed by atoms with E-state index in [1.54, 1.807) is 26.0 Å². The predicted molar refractivity (Wildman–Crippen MR) is 98.4 cm³/mol. The van der Waals surface area contributed by atoms with Gasteiger partial charge in [-0.1, -0.05) is 23.9 Å². The molecule has 1 amide bonds. The Hall–Kier alpha value is -2.18. The smallest absolute Gasteiger partial charge is 0.252 e. The molecule has 0 bridgehead atoms. The SMILES string of the molecule is COc1cc2c(cc1OC)CN([C@@H]1Sc3ccccc3NC1=O)CC2. The number of nitrogens with zero attached hydrogens (tertiary/aromatic N) is 1. The summed E-state index contributed by atoms with van der Waals surface area (Å²) >= 11 is 1.62. The van der Waals surface area contributed by atoms with E-state index in [4.69, 9.17) is 9.47 Å². The highest BCUT2D eigenvalue weighted by molar-refractivity contribution is 8.00. The first-order valence-corrected chi connectivity index (χ1v) is 9.12. The first-order chi connectivity index (χ1) is 12.2. The van der Waals surface area contributed by atoms with Crippen LogP contribution < -0.4 is 14.8 Å². The normalized spacial score (nSPS) is 19.6. The monoisotopic (exact) mass is 356 g/mol. The molecule has 1 N–H and O–H groups in total. The second-order valence-electron chi connectivity index (χ2n) is 6.15. The number of nitrogens with one attached hydrogen (secondary N) is 1. The van der Waals surface area contributed by atoms with E-state index in [1.165, 1.54) is 11.1 Å². The van der Waals surface area contributed by atoms with Gasteiger partial charge in [-0.15, -0.1) is 0 Å². The first kappa shape index (κ1) is 16.3. The van der Waals surface area contributed by atoms with Crippen molar-refractivity contribution >= 4 is 23.4 Å². The number of hydrogen-bond donors (Lipinski definition) is 1. The van der Waals surface area contributed by atoms with Crippen molar-refractivity contribution in [1.82, 2.24) is 4.90 Å². The third kappa shape index (κ3) is 2.96. The van der Waals surface area contributed by atoms with E-state index in [2.05, 4.69) is 22.3 Å². The number of fused-ring (bicyclic) bond motifs is 2. The number of carbonyl (C=O) groups excluding carboxylic acids is 1. The minimum Gasteiger partial charge on any atom is -0.493 e. The summed E-state index contributed by atoms with van der Waals surface area (Å²) in [6, 6.07) is 12.0. The molecule has 2 aromatic carbocycles. The molecule has 0 saturated carbocycles.